The minimum Gasteiger partial charge on any atom is -0.305 e. The molecule has 0 unspecified atom stereocenters. The molecule has 6 nitrogen and oxygen atoms in total. The quantitative estimate of drug-likeness (QED) is 0.346. The lowest BCUT2D eigenvalue weighted by molar-refractivity contribution is -0.135. The maximum absolute atomic E-state index is 13.9. The Balaban J connectivity index is 1.41. The molecule has 3 aliphatic rings. The Bertz CT molecular complexity index is 1260. The standard InChI is InChI=1S/C25H22Cl2N4O2/c26-21-8-15(9-22(27)29-21)14-30-24(33)31(20-13-28-12-17-4-1-2-7-19(17)20)23(32)25(30)10-18(11-25)16-5-3-6-16/h1-2,4,7-9,12-13,16,18H,3,5-6,10-11,14H2. The van der Waals surface area contributed by atoms with Crippen LogP contribution in [0.5, 0.6) is 0 Å². The van der Waals surface area contributed by atoms with Gasteiger partial charge in [-0.25, -0.2) is 14.7 Å². The first kappa shape index (κ1) is 20.9. The van der Waals surface area contributed by atoms with Gasteiger partial charge in [-0.2, -0.15) is 0 Å². The lowest BCUT2D eigenvalue weighted by Crippen LogP contribution is -2.60. The number of hydrogen-bond acceptors (Lipinski definition) is 4. The average molecular weight is 481 g/mol. The lowest BCUT2D eigenvalue weighted by atomic mass is 9.58. The van der Waals surface area contributed by atoms with Crippen LogP contribution in [0.1, 0.15) is 37.7 Å². The van der Waals surface area contributed by atoms with E-state index in [1.54, 1.807) is 29.4 Å². The number of fused-ring (bicyclic) bond motifs is 1. The van der Waals surface area contributed by atoms with Crippen molar-refractivity contribution in [2.75, 3.05) is 4.90 Å². The number of hydrogen-bond donors (Lipinski definition) is 0. The Hall–Kier alpha value is -2.70. The average Bonchev–Trinajstić information content (AvgIpc) is 2.93. The molecule has 1 aliphatic heterocycles. The zero-order chi connectivity index (χ0) is 22.7. The minimum absolute atomic E-state index is 0.160. The number of nitrogens with zero attached hydrogens (tertiary/aromatic N) is 4. The number of carbonyl (C=O) groups is 2. The summed E-state index contributed by atoms with van der Waals surface area (Å²) in [6, 6.07) is 10.7. The highest BCUT2D eigenvalue weighted by molar-refractivity contribution is 6.32. The zero-order valence-corrected chi connectivity index (χ0v) is 19.4. The normalized spacial score (nSPS) is 25.1. The third-order valence-electron chi connectivity index (χ3n) is 7.61. The van der Waals surface area contributed by atoms with Crippen molar-refractivity contribution in [1.29, 1.82) is 0 Å². The van der Waals surface area contributed by atoms with Gasteiger partial charge < -0.3 is 4.90 Å². The fourth-order valence-electron chi connectivity index (χ4n) is 5.66. The van der Waals surface area contributed by atoms with Gasteiger partial charge in [-0.1, -0.05) is 66.7 Å². The summed E-state index contributed by atoms with van der Waals surface area (Å²) in [6.45, 7) is 0.249. The first-order valence-corrected chi connectivity index (χ1v) is 12.0. The molecule has 8 heteroatoms. The van der Waals surface area contributed by atoms with Gasteiger partial charge in [0, 0.05) is 23.5 Å². The molecular weight excluding hydrogens is 459 g/mol. The van der Waals surface area contributed by atoms with Crippen LogP contribution in [0, 0.1) is 11.8 Å². The van der Waals surface area contributed by atoms with Crippen LogP contribution in [0.2, 0.25) is 10.3 Å². The molecule has 33 heavy (non-hydrogen) atoms. The number of benzene rings is 1. The van der Waals surface area contributed by atoms with Gasteiger partial charge in [0.15, 0.2) is 0 Å². The Morgan fingerprint density at radius 2 is 1.73 bits per heavy atom. The SMILES string of the molecule is O=C1N(c2cncc3ccccc23)C(=O)C2(CC(C3CCC3)C2)N1Cc1cc(Cl)nc(Cl)c1. The van der Waals surface area contributed by atoms with E-state index in [9.17, 15) is 9.59 Å². The van der Waals surface area contributed by atoms with E-state index in [-0.39, 0.29) is 28.8 Å². The molecule has 0 radical (unpaired) electrons. The third-order valence-corrected chi connectivity index (χ3v) is 7.99. The lowest BCUT2D eigenvalue weighted by Gasteiger charge is -2.52. The van der Waals surface area contributed by atoms with Crippen molar-refractivity contribution in [3.05, 3.63) is 64.7 Å². The largest absolute Gasteiger partial charge is 0.332 e. The fourth-order valence-corrected chi connectivity index (χ4v) is 6.17. The van der Waals surface area contributed by atoms with Crippen molar-refractivity contribution in [3.8, 4) is 0 Å². The van der Waals surface area contributed by atoms with Crippen LogP contribution in [-0.4, -0.2) is 32.3 Å². The zero-order valence-electron chi connectivity index (χ0n) is 17.9. The van der Waals surface area contributed by atoms with Crippen molar-refractivity contribution >= 4 is 51.6 Å². The van der Waals surface area contributed by atoms with Gasteiger partial charge in [-0.15, -0.1) is 0 Å². The van der Waals surface area contributed by atoms with Crippen molar-refractivity contribution in [3.63, 3.8) is 0 Å². The highest BCUT2D eigenvalue weighted by Gasteiger charge is 2.65. The summed E-state index contributed by atoms with van der Waals surface area (Å²) in [5.74, 6) is 0.985. The van der Waals surface area contributed by atoms with Crippen LogP contribution >= 0.6 is 23.2 Å². The molecule has 2 aliphatic carbocycles. The summed E-state index contributed by atoms with van der Waals surface area (Å²) < 4.78 is 0. The van der Waals surface area contributed by atoms with Gasteiger partial charge in [0.1, 0.15) is 15.8 Å². The molecule has 0 atom stereocenters. The molecule has 1 spiro atoms. The second-order valence-corrected chi connectivity index (χ2v) is 10.2. The van der Waals surface area contributed by atoms with Crippen molar-refractivity contribution in [2.45, 2.75) is 44.2 Å². The highest BCUT2D eigenvalue weighted by Crippen LogP contribution is 2.55. The second kappa shape index (κ2) is 7.67. The number of rotatable bonds is 4. The second-order valence-electron chi connectivity index (χ2n) is 9.40. The molecule has 3 heterocycles. The molecule has 1 aromatic carbocycles. The molecule has 0 bridgehead atoms. The minimum atomic E-state index is -0.837. The Morgan fingerprint density at radius 3 is 2.42 bits per heavy atom. The number of anilines is 1. The molecule has 3 fully saturated rings. The number of carbonyl (C=O) groups excluding carboxylic acids is 2. The molecule has 3 amide bonds. The van der Waals surface area contributed by atoms with Gasteiger partial charge in [-0.05, 0) is 42.4 Å². The Kier molecular flexibility index (Phi) is 4.85. The summed E-state index contributed by atoms with van der Waals surface area (Å²) in [5, 5.41) is 2.24. The molecular formula is C25H22Cl2N4O2. The van der Waals surface area contributed by atoms with Crippen molar-refractivity contribution in [2.24, 2.45) is 11.8 Å². The van der Waals surface area contributed by atoms with Crippen molar-refractivity contribution in [1.82, 2.24) is 14.9 Å². The number of halogens is 2. The number of amides is 3. The van der Waals surface area contributed by atoms with E-state index in [4.69, 9.17) is 23.2 Å². The number of aromatic nitrogens is 2. The molecule has 6 rings (SSSR count). The highest BCUT2D eigenvalue weighted by atomic mass is 35.5. The number of imide groups is 1. The maximum atomic E-state index is 13.9. The van der Waals surface area contributed by atoms with Crippen LogP contribution in [0.4, 0.5) is 10.5 Å². The third kappa shape index (κ3) is 3.22. The van der Waals surface area contributed by atoms with Gasteiger partial charge in [0.2, 0.25) is 0 Å². The molecule has 2 saturated carbocycles. The predicted molar refractivity (Wildman–Crippen MR) is 127 cm³/mol. The summed E-state index contributed by atoms with van der Waals surface area (Å²) in [7, 11) is 0. The molecule has 2 aromatic heterocycles. The van der Waals surface area contributed by atoms with E-state index in [2.05, 4.69) is 9.97 Å². The summed E-state index contributed by atoms with van der Waals surface area (Å²) in [4.78, 5) is 39.1. The van der Waals surface area contributed by atoms with Crippen molar-refractivity contribution < 1.29 is 9.59 Å². The summed E-state index contributed by atoms with van der Waals surface area (Å²) >= 11 is 12.2. The number of pyridine rings is 2. The van der Waals surface area contributed by atoms with E-state index in [0.717, 1.165) is 16.3 Å². The van der Waals surface area contributed by atoms with Crippen LogP contribution in [0.15, 0.2) is 48.8 Å². The van der Waals surface area contributed by atoms with Crippen LogP contribution in [-0.2, 0) is 11.3 Å². The predicted octanol–water partition coefficient (Wildman–Crippen LogP) is 5.85. The fraction of sp³-hybridized carbons (Fsp3) is 0.360. The first-order chi connectivity index (χ1) is 16.0. The Morgan fingerprint density at radius 1 is 1.00 bits per heavy atom. The molecule has 168 valence electrons. The van der Waals surface area contributed by atoms with Crippen LogP contribution < -0.4 is 4.90 Å². The molecule has 3 aromatic rings. The van der Waals surface area contributed by atoms with Gasteiger partial charge in [-0.3, -0.25) is 9.78 Å². The van der Waals surface area contributed by atoms with Gasteiger partial charge >= 0.3 is 6.03 Å². The van der Waals surface area contributed by atoms with Crippen LogP contribution in [0.25, 0.3) is 10.8 Å². The topological polar surface area (TPSA) is 66.4 Å². The van der Waals surface area contributed by atoms with E-state index >= 15 is 0 Å². The van der Waals surface area contributed by atoms with Crippen LogP contribution in [0.3, 0.4) is 0 Å². The van der Waals surface area contributed by atoms with E-state index in [1.807, 2.05) is 24.3 Å². The van der Waals surface area contributed by atoms with Gasteiger partial charge in [0.25, 0.3) is 5.91 Å². The smallest absolute Gasteiger partial charge is 0.305 e. The van der Waals surface area contributed by atoms with Gasteiger partial charge in [0.05, 0.1) is 11.9 Å². The molecule has 0 N–H and O–H groups in total. The number of urea groups is 1. The molecule has 1 saturated heterocycles. The van der Waals surface area contributed by atoms with E-state index < -0.39 is 5.54 Å². The monoisotopic (exact) mass is 480 g/mol. The first-order valence-electron chi connectivity index (χ1n) is 11.3. The summed E-state index contributed by atoms with van der Waals surface area (Å²) in [5.41, 5.74) is 0.449. The Labute approximate surface area is 201 Å². The maximum Gasteiger partial charge on any atom is 0.332 e. The summed E-state index contributed by atoms with van der Waals surface area (Å²) in [6.07, 6.45) is 8.44. The van der Waals surface area contributed by atoms with E-state index in [1.165, 1.54) is 24.2 Å². The van der Waals surface area contributed by atoms with E-state index in [0.29, 0.717) is 30.4 Å².